The Balaban J connectivity index is 1.85. The molecule has 0 saturated carbocycles. The van der Waals surface area contributed by atoms with Crippen molar-refractivity contribution >= 4 is 35.2 Å². The van der Waals surface area contributed by atoms with E-state index in [0.29, 0.717) is 11.5 Å². The van der Waals surface area contributed by atoms with Crippen LogP contribution in [0.1, 0.15) is 38.7 Å². The fourth-order valence-electron chi connectivity index (χ4n) is 3.48. The Morgan fingerprint density at radius 2 is 1.74 bits per heavy atom. The number of nitrogens with one attached hydrogen (secondary N) is 1. The number of rotatable bonds is 12. The van der Waals surface area contributed by atoms with Crippen LogP contribution >= 0.6 is 11.8 Å². The molecule has 0 saturated heterocycles. The van der Waals surface area contributed by atoms with Gasteiger partial charge in [0.15, 0.2) is 0 Å². The fourth-order valence-corrected chi connectivity index (χ4v) is 4.34. The summed E-state index contributed by atoms with van der Waals surface area (Å²) in [4.78, 5) is 40.3. The van der Waals surface area contributed by atoms with E-state index in [1.165, 1.54) is 11.8 Å². The normalized spacial score (nSPS) is 11.7. The van der Waals surface area contributed by atoms with Crippen molar-refractivity contribution in [1.29, 1.82) is 0 Å². The summed E-state index contributed by atoms with van der Waals surface area (Å²) >= 11 is 1.35. The number of carbonyl (C=O) groups is 3. The summed E-state index contributed by atoms with van der Waals surface area (Å²) in [5.74, 6) is -1.19. The summed E-state index contributed by atoms with van der Waals surface area (Å²) in [5.41, 5.74) is 1.89. The quantitative estimate of drug-likeness (QED) is 0.200. The van der Waals surface area contributed by atoms with Crippen molar-refractivity contribution in [2.75, 3.05) is 24.4 Å². The third kappa shape index (κ3) is 9.19. The molecule has 7 nitrogen and oxygen atoms in total. The van der Waals surface area contributed by atoms with Crippen LogP contribution in [-0.2, 0) is 14.4 Å². The lowest BCUT2D eigenvalue weighted by Crippen LogP contribution is -2.38. The molecule has 0 aliphatic heterocycles. The maximum atomic E-state index is 12.8. The predicted molar refractivity (Wildman–Crippen MR) is 136 cm³/mol. The Morgan fingerprint density at radius 3 is 2.38 bits per heavy atom. The van der Waals surface area contributed by atoms with Gasteiger partial charge in [-0.15, -0.1) is 11.8 Å². The molecule has 34 heavy (non-hydrogen) atoms. The third-order valence-electron chi connectivity index (χ3n) is 5.33. The molecule has 0 aliphatic carbocycles. The zero-order chi connectivity index (χ0) is 25.1. The smallest absolute Gasteiger partial charge is 0.247 e. The minimum absolute atomic E-state index is 0.0820. The lowest BCUT2D eigenvalue weighted by molar-refractivity contribution is -0.163. The number of para-hydroxylation sites is 1. The minimum Gasteiger partial charge on any atom is -0.355 e. The van der Waals surface area contributed by atoms with Crippen LogP contribution in [0.15, 0.2) is 59.5 Å². The number of benzene rings is 2. The van der Waals surface area contributed by atoms with Crippen LogP contribution < -0.4 is 10.2 Å². The first-order valence-corrected chi connectivity index (χ1v) is 12.4. The van der Waals surface area contributed by atoms with E-state index in [1.807, 2.05) is 75.4 Å². The Hall–Kier alpha value is -2.84. The van der Waals surface area contributed by atoms with Gasteiger partial charge in [0.25, 0.3) is 0 Å². The maximum absolute atomic E-state index is 12.8. The molecule has 0 bridgehead atoms. The van der Waals surface area contributed by atoms with Crippen LogP contribution in [0.3, 0.4) is 0 Å². The molecule has 184 valence electrons. The molecular weight excluding hydrogens is 450 g/mol. The Bertz CT molecular complexity index is 952. The fraction of sp³-hybridized carbons (Fsp3) is 0.423. The zero-order valence-corrected chi connectivity index (χ0v) is 21.2. The molecular formula is C26H35N3O4S. The highest BCUT2D eigenvalue weighted by atomic mass is 32.2. The van der Waals surface area contributed by atoms with E-state index < -0.39 is 11.8 Å². The van der Waals surface area contributed by atoms with E-state index in [1.54, 1.807) is 11.9 Å². The van der Waals surface area contributed by atoms with Crippen molar-refractivity contribution in [2.24, 2.45) is 11.8 Å². The summed E-state index contributed by atoms with van der Waals surface area (Å²) in [6.07, 6.45) is 0.569. The Kier molecular flexibility index (Phi) is 11.1. The van der Waals surface area contributed by atoms with Crippen LogP contribution in [0.4, 0.5) is 5.69 Å². The highest BCUT2D eigenvalue weighted by molar-refractivity contribution is 7.99. The number of anilines is 1. The number of hydrogen-bond acceptors (Lipinski definition) is 5. The number of aryl methyl sites for hydroxylation is 1. The molecule has 0 aliphatic rings. The highest BCUT2D eigenvalue weighted by Gasteiger charge is 2.25. The SMILES string of the molecule is Cc1cccc(SCN(O)C(=O)C[C@@H](CC(C)C)C(=O)NCCC(=O)N(C)c2ccccc2)c1. The van der Waals surface area contributed by atoms with Gasteiger partial charge in [-0.05, 0) is 43.5 Å². The first kappa shape index (κ1) is 27.4. The number of hydrogen-bond donors (Lipinski definition) is 2. The summed E-state index contributed by atoms with van der Waals surface area (Å²) in [6, 6.07) is 17.1. The molecule has 2 aromatic rings. The lowest BCUT2D eigenvalue weighted by atomic mass is 9.93. The average molecular weight is 486 g/mol. The highest BCUT2D eigenvalue weighted by Crippen LogP contribution is 2.22. The monoisotopic (exact) mass is 485 g/mol. The summed E-state index contributed by atoms with van der Waals surface area (Å²) < 4.78 is 0. The van der Waals surface area contributed by atoms with E-state index in [-0.39, 0.29) is 43.0 Å². The largest absolute Gasteiger partial charge is 0.355 e. The molecule has 1 atom stereocenters. The van der Waals surface area contributed by atoms with Gasteiger partial charge in [-0.2, -0.15) is 0 Å². The maximum Gasteiger partial charge on any atom is 0.247 e. The molecule has 0 fully saturated rings. The molecule has 2 rings (SSSR count). The van der Waals surface area contributed by atoms with E-state index >= 15 is 0 Å². The Labute approximate surface area is 206 Å². The topological polar surface area (TPSA) is 90.0 Å². The second-order valence-corrected chi connectivity index (χ2v) is 9.76. The molecule has 0 heterocycles. The standard InChI is InChI=1S/C26H35N3O4S/c1-19(2)15-21(17-25(31)29(33)18-34-23-12-8-9-20(3)16-23)26(32)27-14-13-24(30)28(4)22-10-6-5-7-11-22/h5-12,16,19,21,33H,13-15,17-18H2,1-4H3,(H,27,32)/t21-/m1/s1. The van der Waals surface area contributed by atoms with Crippen LogP contribution in [-0.4, -0.2) is 47.5 Å². The van der Waals surface area contributed by atoms with Gasteiger partial charge >= 0.3 is 0 Å². The molecule has 2 N–H and O–H groups in total. The van der Waals surface area contributed by atoms with Crippen molar-refractivity contribution in [1.82, 2.24) is 10.4 Å². The second-order valence-electron chi connectivity index (χ2n) is 8.74. The average Bonchev–Trinajstić information content (AvgIpc) is 2.81. The van der Waals surface area contributed by atoms with Crippen LogP contribution in [0.25, 0.3) is 0 Å². The van der Waals surface area contributed by atoms with Gasteiger partial charge in [0.05, 0.1) is 5.88 Å². The number of amides is 3. The molecule has 0 aromatic heterocycles. The number of thioether (sulfide) groups is 1. The van der Waals surface area contributed by atoms with Gasteiger partial charge in [0.2, 0.25) is 17.7 Å². The van der Waals surface area contributed by atoms with Crippen molar-refractivity contribution in [3.8, 4) is 0 Å². The molecule has 0 radical (unpaired) electrons. The van der Waals surface area contributed by atoms with Gasteiger partial charge in [-0.25, -0.2) is 5.06 Å². The molecule has 3 amide bonds. The van der Waals surface area contributed by atoms with Crippen LogP contribution in [0.2, 0.25) is 0 Å². The summed E-state index contributed by atoms with van der Waals surface area (Å²) in [6.45, 7) is 6.12. The van der Waals surface area contributed by atoms with Crippen LogP contribution in [0.5, 0.6) is 0 Å². The second kappa shape index (κ2) is 13.8. The van der Waals surface area contributed by atoms with Crippen LogP contribution in [0, 0.1) is 18.8 Å². The summed E-state index contributed by atoms with van der Waals surface area (Å²) in [7, 11) is 1.70. The van der Waals surface area contributed by atoms with Gasteiger partial charge < -0.3 is 10.2 Å². The Morgan fingerprint density at radius 1 is 1.03 bits per heavy atom. The van der Waals surface area contributed by atoms with Gasteiger partial charge in [-0.1, -0.05) is 49.7 Å². The van der Waals surface area contributed by atoms with E-state index in [9.17, 15) is 19.6 Å². The lowest BCUT2D eigenvalue weighted by Gasteiger charge is -2.22. The van der Waals surface area contributed by atoms with Crippen molar-refractivity contribution in [3.05, 3.63) is 60.2 Å². The van der Waals surface area contributed by atoms with Crippen molar-refractivity contribution < 1.29 is 19.6 Å². The van der Waals surface area contributed by atoms with Gasteiger partial charge in [0.1, 0.15) is 0 Å². The molecule has 8 heteroatoms. The molecule has 0 spiro atoms. The number of carbonyl (C=O) groups excluding carboxylic acids is 3. The van der Waals surface area contributed by atoms with Gasteiger partial charge in [0, 0.05) is 42.9 Å². The van der Waals surface area contributed by atoms with E-state index in [4.69, 9.17) is 0 Å². The van der Waals surface area contributed by atoms with Crippen molar-refractivity contribution in [2.45, 2.75) is 44.9 Å². The number of hydroxylamine groups is 2. The zero-order valence-electron chi connectivity index (χ0n) is 20.4. The molecule has 2 aromatic carbocycles. The third-order valence-corrected chi connectivity index (χ3v) is 6.30. The van der Waals surface area contributed by atoms with E-state index in [0.717, 1.165) is 16.1 Å². The molecule has 0 unspecified atom stereocenters. The summed E-state index contributed by atoms with van der Waals surface area (Å²) in [5, 5.41) is 13.7. The first-order valence-electron chi connectivity index (χ1n) is 11.5. The first-order chi connectivity index (χ1) is 16.2. The van der Waals surface area contributed by atoms with Crippen molar-refractivity contribution in [3.63, 3.8) is 0 Å². The van der Waals surface area contributed by atoms with Gasteiger partial charge in [-0.3, -0.25) is 19.6 Å². The predicted octanol–water partition coefficient (Wildman–Crippen LogP) is 4.48. The number of nitrogens with zero attached hydrogens (tertiary/aromatic N) is 2. The van der Waals surface area contributed by atoms with E-state index in [2.05, 4.69) is 5.32 Å². The minimum atomic E-state index is -0.576.